The van der Waals surface area contributed by atoms with E-state index in [1.165, 1.54) is 4.90 Å². The first-order valence-electron chi connectivity index (χ1n) is 9.54. The van der Waals surface area contributed by atoms with E-state index in [1.54, 1.807) is 24.3 Å². The van der Waals surface area contributed by atoms with Crippen LogP contribution < -0.4 is 5.32 Å². The highest BCUT2D eigenvalue weighted by molar-refractivity contribution is 6.21. The smallest absolute Gasteiger partial charge is 0.261 e. The summed E-state index contributed by atoms with van der Waals surface area (Å²) in [6, 6.07) is 24.5. The summed E-state index contributed by atoms with van der Waals surface area (Å²) in [6.07, 6.45) is 0.646. The third kappa shape index (κ3) is 3.94. The zero-order valence-corrected chi connectivity index (χ0v) is 15.8. The normalized spacial score (nSPS) is 12.8. The van der Waals surface area contributed by atoms with Crippen molar-refractivity contribution in [2.75, 3.05) is 11.9 Å². The van der Waals surface area contributed by atoms with Gasteiger partial charge in [0.25, 0.3) is 11.8 Å². The van der Waals surface area contributed by atoms with E-state index in [4.69, 9.17) is 0 Å². The molecule has 3 amide bonds. The van der Waals surface area contributed by atoms with Crippen LogP contribution in [0.1, 0.15) is 33.6 Å². The van der Waals surface area contributed by atoms with E-state index < -0.39 is 0 Å². The van der Waals surface area contributed by atoms with Crippen LogP contribution in [0.4, 0.5) is 5.69 Å². The number of carbonyl (C=O) groups is 3. The van der Waals surface area contributed by atoms with Gasteiger partial charge in [0.15, 0.2) is 0 Å². The Morgan fingerprint density at radius 1 is 0.724 bits per heavy atom. The van der Waals surface area contributed by atoms with Gasteiger partial charge in [-0.1, -0.05) is 54.6 Å². The fourth-order valence-electron chi connectivity index (χ4n) is 3.44. The first-order chi connectivity index (χ1) is 14.1. The van der Waals surface area contributed by atoms with Crippen molar-refractivity contribution < 1.29 is 14.4 Å². The van der Waals surface area contributed by atoms with Crippen LogP contribution in [0.3, 0.4) is 0 Å². The van der Waals surface area contributed by atoms with Gasteiger partial charge in [-0.2, -0.15) is 0 Å². The van der Waals surface area contributed by atoms with Gasteiger partial charge >= 0.3 is 0 Å². The molecule has 0 radical (unpaired) electrons. The van der Waals surface area contributed by atoms with Gasteiger partial charge in [0.1, 0.15) is 0 Å². The zero-order valence-electron chi connectivity index (χ0n) is 15.8. The number of hydrogen-bond donors (Lipinski definition) is 1. The van der Waals surface area contributed by atoms with Crippen LogP contribution in [0, 0.1) is 0 Å². The predicted octanol–water partition coefficient (Wildman–Crippen LogP) is 4.37. The second-order valence-corrected chi connectivity index (χ2v) is 6.90. The van der Waals surface area contributed by atoms with Crippen molar-refractivity contribution >= 4 is 23.4 Å². The number of rotatable bonds is 6. The van der Waals surface area contributed by atoms with Gasteiger partial charge in [0.05, 0.1) is 11.1 Å². The Morgan fingerprint density at radius 2 is 1.28 bits per heavy atom. The Morgan fingerprint density at radius 3 is 1.90 bits per heavy atom. The molecule has 4 rings (SSSR count). The van der Waals surface area contributed by atoms with E-state index in [9.17, 15) is 14.4 Å². The highest BCUT2D eigenvalue weighted by Gasteiger charge is 2.34. The lowest BCUT2D eigenvalue weighted by atomic mass is 10.1. The minimum atomic E-state index is -0.289. The molecule has 1 heterocycles. The largest absolute Gasteiger partial charge is 0.326 e. The number of hydrogen-bond acceptors (Lipinski definition) is 3. The fraction of sp³-hybridized carbons (Fsp3) is 0.125. The molecule has 5 heteroatoms. The second kappa shape index (κ2) is 8.10. The summed E-state index contributed by atoms with van der Waals surface area (Å²) in [7, 11) is 0. The molecule has 0 fully saturated rings. The van der Waals surface area contributed by atoms with E-state index in [-0.39, 0.29) is 30.7 Å². The Bertz CT molecular complexity index is 1020. The van der Waals surface area contributed by atoms with E-state index in [1.807, 2.05) is 54.6 Å². The maximum Gasteiger partial charge on any atom is 0.261 e. The number of amides is 3. The summed E-state index contributed by atoms with van der Waals surface area (Å²) < 4.78 is 0. The van der Waals surface area contributed by atoms with Crippen molar-refractivity contribution in [3.8, 4) is 11.1 Å². The lowest BCUT2D eigenvalue weighted by molar-refractivity contribution is -0.116. The lowest BCUT2D eigenvalue weighted by Gasteiger charge is -2.13. The first-order valence-corrected chi connectivity index (χ1v) is 9.54. The van der Waals surface area contributed by atoms with Gasteiger partial charge < -0.3 is 5.32 Å². The monoisotopic (exact) mass is 384 g/mol. The van der Waals surface area contributed by atoms with Gasteiger partial charge in [0, 0.05) is 18.7 Å². The van der Waals surface area contributed by atoms with E-state index >= 15 is 0 Å². The molecule has 0 aromatic heterocycles. The second-order valence-electron chi connectivity index (χ2n) is 6.90. The Kier molecular flexibility index (Phi) is 5.20. The lowest BCUT2D eigenvalue weighted by Crippen LogP contribution is -2.31. The average Bonchev–Trinajstić information content (AvgIpc) is 3.00. The summed E-state index contributed by atoms with van der Waals surface area (Å²) in [5.41, 5.74) is 3.77. The summed E-state index contributed by atoms with van der Waals surface area (Å²) in [5.74, 6) is -0.723. The summed E-state index contributed by atoms with van der Waals surface area (Å²) in [6.45, 7) is 0.229. The van der Waals surface area contributed by atoms with Crippen molar-refractivity contribution in [3.63, 3.8) is 0 Å². The number of carbonyl (C=O) groups excluding carboxylic acids is 3. The Hall–Kier alpha value is -3.73. The Labute approximate surface area is 169 Å². The third-order valence-corrected chi connectivity index (χ3v) is 4.94. The number of nitrogens with one attached hydrogen (secondary N) is 1. The maximum atomic E-state index is 12.3. The van der Waals surface area contributed by atoms with Crippen LogP contribution in [0.25, 0.3) is 11.1 Å². The summed E-state index contributed by atoms with van der Waals surface area (Å²) in [5, 5.41) is 2.86. The number of nitrogens with zero attached hydrogens (tertiary/aromatic N) is 1. The number of benzene rings is 3. The summed E-state index contributed by atoms with van der Waals surface area (Å²) >= 11 is 0. The standard InChI is InChI=1S/C24H20N2O3/c27-22(25-19-14-12-18(13-15-19)17-7-2-1-3-8-17)11-6-16-26-23(28)20-9-4-5-10-21(20)24(26)29/h1-5,7-10,12-15H,6,11,16H2,(H,25,27). The highest BCUT2D eigenvalue weighted by atomic mass is 16.2. The molecular weight excluding hydrogens is 364 g/mol. The number of fused-ring (bicyclic) bond motifs is 1. The predicted molar refractivity (Wildman–Crippen MR) is 112 cm³/mol. The molecule has 1 aliphatic heterocycles. The van der Waals surface area contributed by atoms with Gasteiger partial charge in [-0.15, -0.1) is 0 Å². The van der Waals surface area contributed by atoms with E-state index in [0.29, 0.717) is 17.5 Å². The molecule has 0 bridgehead atoms. The van der Waals surface area contributed by atoms with Gasteiger partial charge in [-0.05, 0) is 41.8 Å². The molecule has 144 valence electrons. The number of anilines is 1. The zero-order chi connectivity index (χ0) is 20.2. The highest BCUT2D eigenvalue weighted by Crippen LogP contribution is 2.23. The van der Waals surface area contributed by atoms with E-state index in [2.05, 4.69) is 5.32 Å². The molecule has 0 saturated carbocycles. The molecule has 0 aliphatic carbocycles. The van der Waals surface area contributed by atoms with E-state index in [0.717, 1.165) is 16.8 Å². The molecule has 0 atom stereocenters. The molecule has 0 spiro atoms. The SMILES string of the molecule is O=C(CCCN1C(=O)c2ccccc2C1=O)Nc1ccc(-c2ccccc2)cc1. The van der Waals surface area contributed by atoms with Crippen molar-refractivity contribution in [2.45, 2.75) is 12.8 Å². The van der Waals surface area contributed by atoms with Crippen LogP contribution >= 0.6 is 0 Å². The molecule has 3 aromatic rings. The third-order valence-electron chi connectivity index (χ3n) is 4.94. The molecule has 0 saturated heterocycles. The van der Waals surface area contributed by atoms with Crippen molar-refractivity contribution in [2.24, 2.45) is 0 Å². The topological polar surface area (TPSA) is 66.5 Å². The maximum absolute atomic E-state index is 12.3. The molecular formula is C24H20N2O3. The van der Waals surface area contributed by atoms with Crippen molar-refractivity contribution in [1.82, 2.24) is 4.90 Å². The Balaban J connectivity index is 1.29. The molecule has 1 N–H and O–H groups in total. The van der Waals surface area contributed by atoms with Gasteiger partial charge in [-0.3, -0.25) is 19.3 Å². The van der Waals surface area contributed by atoms with Crippen molar-refractivity contribution in [1.29, 1.82) is 0 Å². The minimum Gasteiger partial charge on any atom is -0.326 e. The average molecular weight is 384 g/mol. The van der Waals surface area contributed by atoms with Crippen LogP contribution in [0.2, 0.25) is 0 Å². The van der Waals surface area contributed by atoms with Crippen LogP contribution in [-0.4, -0.2) is 29.2 Å². The van der Waals surface area contributed by atoms with Crippen molar-refractivity contribution in [3.05, 3.63) is 90.0 Å². The fourth-order valence-corrected chi connectivity index (χ4v) is 3.44. The van der Waals surface area contributed by atoms with Gasteiger partial charge in [0.2, 0.25) is 5.91 Å². The first kappa shape index (κ1) is 18.6. The molecule has 29 heavy (non-hydrogen) atoms. The molecule has 1 aliphatic rings. The quantitative estimate of drug-likeness (QED) is 0.642. The summed E-state index contributed by atoms with van der Waals surface area (Å²) in [4.78, 5) is 38.1. The van der Waals surface area contributed by atoms with Crippen LogP contribution in [0.15, 0.2) is 78.9 Å². The van der Waals surface area contributed by atoms with Gasteiger partial charge in [-0.25, -0.2) is 0 Å². The minimum absolute atomic E-state index is 0.144. The van der Waals surface area contributed by atoms with Crippen LogP contribution in [-0.2, 0) is 4.79 Å². The number of imide groups is 1. The molecule has 3 aromatic carbocycles. The molecule has 5 nitrogen and oxygen atoms in total. The molecule has 0 unspecified atom stereocenters. The van der Waals surface area contributed by atoms with Crippen LogP contribution in [0.5, 0.6) is 0 Å².